The van der Waals surface area contributed by atoms with Gasteiger partial charge >= 0.3 is 0 Å². The van der Waals surface area contributed by atoms with Gasteiger partial charge in [-0.15, -0.1) is 11.3 Å². The standard InChI is InChI=1S/C26H20ClFN4OS2/c1-2-16-3-5-17(6-4-16)22-11-19(18-7-9-33-15-18)24(14-30-22)31-23-13-21(28)25(12-20(23)27)35-32-26-29-8-10-34-26/h3-15,31H,2H2,1H3,(H,29,32). The number of benzene rings is 2. The minimum absolute atomic E-state index is 0.370. The number of thiazole rings is 1. The van der Waals surface area contributed by atoms with Crippen LogP contribution in [0.15, 0.2) is 88.1 Å². The van der Waals surface area contributed by atoms with Gasteiger partial charge in [-0.1, -0.05) is 42.8 Å². The summed E-state index contributed by atoms with van der Waals surface area (Å²) in [5.74, 6) is -0.406. The Bertz CT molecular complexity index is 1430. The van der Waals surface area contributed by atoms with E-state index in [9.17, 15) is 4.39 Å². The summed E-state index contributed by atoms with van der Waals surface area (Å²) in [7, 11) is 0. The van der Waals surface area contributed by atoms with Crippen molar-refractivity contribution < 1.29 is 8.81 Å². The van der Waals surface area contributed by atoms with E-state index in [1.807, 2.05) is 17.5 Å². The fourth-order valence-electron chi connectivity index (χ4n) is 3.50. The lowest BCUT2D eigenvalue weighted by Crippen LogP contribution is -1.98. The lowest BCUT2D eigenvalue weighted by atomic mass is 10.0. The van der Waals surface area contributed by atoms with Crippen LogP contribution >= 0.6 is 34.9 Å². The van der Waals surface area contributed by atoms with Crippen molar-refractivity contribution >= 4 is 51.4 Å². The summed E-state index contributed by atoms with van der Waals surface area (Å²) in [6.45, 7) is 2.13. The fourth-order valence-corrected chi connectivity index (χ4v) is 5.05. The van der Waals surface area contributed by atoms with Crippen LogP contribution in [0.2, 0.25) is 5.02 Å². The Kier molecular flexibility index (Phi) is 7.03. The maximum absolute atomic E-state index is 14.9. The van der Waals surface area contributed by atoms with Gasteiger partial charge in [0.05, 0.1) is 45.7 Å². The molecule has 0 bridgehead atoms. The van der Waals surface area contributed by atoms with Crippen molar-refractivity contribution in [2.75, 3.05) is 10.0 Å². The highest BCUT2D eigenvalue weighted by Crippen LogP contribution is 2.37. The molecule has 0 spiro atoms. The van der Waals surface area contributed by atoms with E-state index in [1.54, 1.807) is 31.0 Å². The van der Waals surface area contributed by atoms with Crippen LogP contribution in [-0.4, -0.2) is 9.97 Å². The quantitative estimate of drug-likeness (QED) is 0.199. The van der Waals surface area contributed by atoms with Gasteiger partial charge in [0, 0.05) is 34.3 Å². The molecule has 0 aliphatic heterocycles. The molecule has 5 nitrogen and oxygen atoms in total. The van der Waals surface area contributed by atoms with Crippen LogP contribution in [0.4, 0.5) is 20.9 Å². The summed E-state index contributed by atoms with van der Waals surface area (Å²) >= 11 is 9.08. The van der Waals surface area contributed by atoms with Gasteiger partial charge in [-0.3, -0.25) is 4.98 Å². The maximum Gasteiger partial charge on any atom is 0.192 e. The third kappa shape index (κ3) is 5.35. The molecule has 0 fully saturated rings. The van der Waals surface area contributed by atoms with Gasteiger partial charge in [-0.2, -0.15) is 0 Å². The van der Waals surface area contributed by atoms with E-state index in [2.05, 4.69) is 51.2 Å². The summed E-state index contributed by atoms with van der Waals surface area (Å²) in [6, 6.07) is 15.2. The second-order valence-electron chi connectivity index (χ2n) is 7.61. The zero-order valence-electron chi connectivity index (χ0n) is 18.6. The van der Waals surface area contributed by atoms with E-state index in [4.69, 9.17) is 16.0 Å². The summed E-state index contributed by atoms with van der Waals surface area (Å²) in [6.07, 6.45) is 7.67. The summed E-state index contributed by atoms with van der Waals surface area (Å²) < 4.78 is 23.2. The number of hydrogen-bond acceptors (Lipinski definition) is 7. The summed E-state index contributed by atoms with van der Waals surface area (Å²) in [5.41, 5.74) is 5.96. The molecule has 3 heterocycles. The Morgan fingerprint density at radius 1 is 1.06 bits per heavy atom. The molecule has 2 aromatic carbocycles. The van der Waals surface area contributed by atoms with Crippen LogP contribution in [0.5, 0.6) is 0 Å². The molecule has 0 saturated carbocycles. The number of nitrogens with zero attached hydrogens (tertiary/aromatic N) is 2. The van der Waals surface area contributed by atoms with Gasteiger partial charge in [0.1, 0.15) is 5.82 Å². The zero-order valence-corrected chi connectivity index (χ0v) is 21.0. The van der Waals surface area contributed by atoms with E-state index >= 15 is 0 Å². The van der Waals surface area contributed by atoms with Gasteiger partial charge in [0.2, 0.25) is 0 Å². The van der Waals surface area contributed by atoms with E-state index in [0.717, 1.165) is 40.8 Å². The summed E-state index contributed by atoms with van der Waals surface area (Å²) in [4.78, 5) is 9.15. The first-order chi connectivity index (χ1) is 17.1. The molecule has 3 aromatic heterocycles. The van der Waals surface area contributed by atoms with E-state index in [-0.39, 0.29) is 0 Å². The van der Waals surface area contributed by atoms with Crippen LogP contribution in [0.1, 0.15) is 12.5 Å². The lowest BCUT2D eigenvalue weighted by molar-refractivity contribution is 0.568. The van der Waals surface area contributed by atoms with Crippen LogP contribution in [0.3, 0.4) is 0 Å². The summed E-state index contributed by atoms with van der Waals surface area (Å²) in [5, 5.41) is 6.16. The first-order valence-corrected chi connectivity index (χ1v) is 12.9. The zero-order chi connectivity index (χ0) is 24.2. The fraction of sp³-hybridized carbons (Fsp3) is 0.0769. The van der Waals surface area contributed by atoms with Crippen molar-refractivity contribution in [2.24, 2.45) is 0 Å². The second kappa shape index (κ2) is 10.5. The predicted octanol–water partition coefficient (Wildman–Crippen LogP) is 8.68. The first kappa shape index (κ1) is 23.4. The second-order valence-corrected chi connectivity index (χ2v) is 9.76. The minimum Gasteiger partial charge on any atom is -0.472 e. The Morgan fingerprint density at radius 3 is 2.63 bits per heavy atom. The molecule has 0 saturated heterocycles. The molecule has 35 heavy (non-hydrogen) atoms. The highest BCUT2D eigenvalue weighted by Gasteiger charge is 2.15. The normalized spacial score (nSPS) is 10.9. The molecule has 0 amide bonds. The van der Waals surface area contributed by atoms with Crippen molar-refractivity contribution in [1.29, 1.82) is 0 Å². The topological polar surface area (TPSA) is 63.0 Å². The highest BCUT2D eigenvalue weighted by molar-refractivity contribution is 8.00. The predicted molar refractivity (Wildman–Crippen MR) is 143 cm³/mol. The Hall–Kier alpha value is -3.33. The molecule has 5 rings (SSSR count). The molecule has 2 N–H and O–H groups in total. The molecular formula is C26H20ClFN4OS2. The van der Waals surface area contributed by atoms with Crippen molar-refractivity contribution in [2.45, 2.75) is 18.2 Å². The molecular weight excluding hydrogens is 503 g/mol. The molecule has 5 aromatic rings. The Morgan fingerprint density at radius 2 is 1.91 bits per heavy atom. The Balaban J connectivity index is 1.44. The van der Waals surface area contributed by atoms with E-state index in [0.29, 0.717) is 26.4 Å². The first-order valence-electron chi connectivity index (χ1n) is 10.8. The smallest absolute Gasteiger partial charge is 0.192 e. The van der Waals surface area contributed by atoms with Gasteiger partial charge in [-0.05, 0) is 42.1 Å². The SMILES string of the molecule is CCc1ccc(-c2cc(-c3ccoc3)c(Nc3cc(F)c(SNc4nccs4)cc3Cl)cn2)cc1. The number of aryl methyl sites for hydroxylation is 1. The monoisotopic (exact) mass is 522 g/mol. The van der Waals surface area contributed by atoms with Gasteiger partial charge < -0.3 is 14.5 Å². The lowest BCUT2D eigenvalue weighted by Gasteiger charge is -2.15. The number of furan rings is 1. The van der Waals surface area contributed by atoms with Crippen molar-refractivity contribution in [3.63, 3.8) is 0 Å². The Labute approximate surface area is 215 Å². The molecule has 0 aliphatic carbocycles. The average Bonchev–Trinajstić information content (AvgIpc) is 3.60. The number of hydrogen-bond donors (Lipinski definition) is 2. The van der Waals surface area contributed by atoms with Crippen molar-refractivity contribution in [1.82, 2.24) is 9.97 Å². The van der Waals surface area contributed by atoms with Crippen LogP contribution in [-0.2, 0) is 6.42 Å². The number of anilines is 3. The third-order valence-corrected chi connectivity index (χ3v) is 7.32. The van der Waals surface area contributed by atoms with Gasteiger partial charge in [0.15, 0.2) is 5.13 Å². The van der Waals surface area contributed by atoms with Gasteiger partial charge in [-0.25, -0.2) is 9.37 Å². The van der Waals surface area contributed by atoms with E-state index in [1.165, 1.54) is 23.0 Å². The molecule has 0 atom stereocenters. The average molecular weight is 523 g/mol. The molecule has 0 unspecified atom stereocenters. The van der Waals surface area contributed by atoms with Crippen molar-refractivity contribution in [3.8, 4) is 22.4 Å². The van der Waals surface area contributed by atoms with E-state index < -0.39 is 5.82 Å². The number of halogens is 2. The molecule has 0 aliphatic rings. The molecule has 176 valence electrons. The largest absolute Gasteiger partial charge is 0.472 e. The van der Waals surface area contributed by atoms with Crippen LogP contribution in [0.25, 0.3) is 22.4 Å². The van der Waals surface area contributed by atoms with Crippen LogP contribution < -0.4 is 10.0 Å². The molecule has 9 heteroatoms. The third-order valence-electron chi connectivity index (χ3n) is 5.37. The van der Waals surface area contributed by atoms with Gasteiger partial charge in [0.25, 0.3) is 0 Å². The molecule has 0 radical (unpaired) electrons. The highest BCUT2D eigenvalue weighted by atomic mass is 35.5. The number of nitrogens with one attached hydrogen (secondary N) is 2. The number of aromatic nitrogens is 2. The maximum atomic E-state index is 14.9. The van der Waals surface area contributed by atoms with Crippen molar-refractivity contribution in [3.05, 3.63) is 95.2 Å². The number of rotatable bonds is 8. The number of pyridine rings is 1. The minimum atomic E-state index is -0.406. The van der Waals surface area contributed by atoms with Crippen LogP contribution in [0, 0.1) is 5.82 Å².